The van der Waals surface area contributed by atoms with Crippen molar-refractivity contribution < 1.29 is 9.53 Å². The first kappa shape index (κ1) is 16.3. The number of hydrogen-bond donors (Lipinski definition) is 0. The van der Waals surface area contributed by atoms with Gasteiger partial charge in [-0.1, -0.05) is 38.0 Å². The van der Waals surface area contributed by atoms with Crippen molar-refractivity contribution in [3.63, 3.8) is 0 Å². The second kappa shape index (κ2) is 7.82. The smallest absolute Gasteiger partial charge is 0.260 e. The van der Waals surface area contributed by atoms with E-state index >= 15 is 0 Å². The van der Waals surface area contributed by atoms with Gasteiger partial charge in [0.15, 0.2) is 6.61 Å². The average Bonchev–Trinajstić information content (AvgIpc) is 2.61. The largest absolute Gasteiger partial charge is 0.484 e. The highest BCUT2D eigenvalue weighted by molar-refractivity contribution is 5.77. The molecular formula is C19H28N2O2. The summed E-state index contributed by atoms with van der Waals surface area (Å²) in [6.07, 6.45) is 5.42. The molecular weight excluding hydrogens is 288 g/mol. The summed E-state index contributed by atoms with van der Waals surface area (Å²) in [6, 6.07) is 10.3. The first-order valence-electron chi connectivity index (χ1n) is 8.94. The van der Waals surface area contributed by atoms with Gasteiger partial charge in [-0.05, 0) is 30.9 Å². The molecule has 3 rings (SSSR count). The summed E-state index contributed by atoms with van der Waals surface area (Å²) in [5.41, 5.74) is 0. The summed E-state index contributed by atoms with van der Waals surface area (Å²) >= 11 is 0. The van der Waals surface area contributed by atoms with Gasteiger partial charge in [-0.2, -0.15) is 0 Å². The lowest BCUT2D eigenvalue weighted by Crippen LogP contribution is -2.54. The second-order valence-electron chi connectivity index (χ2n) is 6.85. The standard InChI is InChI=1S/C19H28N2O2/c1-16-7-5-6-10-18(16)20-11-13-21(14-12-20)19(22)15-23-17-8-3-2-4-9-17/h2-4,8-9,16,18H,5-7,10-15H2,1H3/t16-,18-/m0/s1. The lowest BCUT2D eigenvalue weighted by Gasteiger charge is -2.43. The third-order valence-corrected chi connectivity index (χ3v) is 5.31. The van der Waals surface area contributed by atoms with Crippen molar-refractivity contribution in [1.29, 1.82) is 0 Å². The van der Waals surface area contributed by atoms with E-state index in [1.165, 1.54) is 25.7 Å². The molecule has 1 aliphatic heterocycles. The zero-order valence-corrected chi connectivity index (χ0v) is 14.1. The number of para-hydroxylation sites is 1. The van der Waals surface area contributed by atoms with Crippen LogP contribution in [0.4, 0.5) is 0 Å². The molecule has 1 aromatic rings. The number of hydrogen-bond acceptors (Lipinski definition) is 3. The summed E-state index contributed by atoms with van der Waals surface area (Å²) in [6.45, 7) is 6.21. The fraction of sp³-hybridized carbons (Fsp3) is 0.632. The van der Waals surface area contributed by atoms with E-state index in [2.05, 4.69) is 11.8 Å². The van der Waals surface area contributed by atoms with E-state index in [0.717, 1.165) is 43.9 Å². The monoisotopic (exact) mass is 316 g/mol. The molecule has 23 heavy (non-hydrogen) atoms. The highest BCUT2D eigenvalue weighted by Gasteiger charge is 2.30. The van der Waals surface area contributed by atoms with E-state index in [9.17, 15) is 4.79 Å². The normalized spacial score (nSPS) is 26.0. The minimum absolute atomic E-state index is 0.102. The number of benzene rings is 1. The van der Waals surface area contributed by atoms with Crippen molar-refractivity contribution in [2.75, 3.05) is 32.8 Å². The van der Waals surface area contributed by atoms with Crippen LogP contribution in [0, 0.1) is 5.92 Å². The van der Waals surface area contributed by atoms with Gasteiger partial charge in [-0.15, -0.1) is 0 Å². The summed E-state index contributed by atoms with van der Waals surface area (Å²) < 4.78 is 5.58. The number of amides is 1. The Morgan fingerprint density at radius 1 is 1.09 bits per heavy atom. The lowest BCUT2D eigenvalue weighted by molar-refractivity contribution is -0.135. The van der Waals surface area contributed by atoms with Crippen LogP contribution in [0.5, 0.6) is 5.75 Å². The zero-order valence-electron chi connectivity index (χ0n) is 14.1. The molecule has 0 bridgehead atoms. The van der Waals surface area contributed by atoms with Gasteiger partial charge in [-0.3, -0.25) is 9.69 Å². The molecule has 2 aliphatic rings. The van der Waals surface area contributed by atoms with Gasteiger partial charge in [-0.25, -0.2) is 0 Å². The molecule has 0 aromatic heterocycles. The van der Waals surface area contributed by atoms with Gasteiger partial charge < -0.3 is 9.64 Å². The summed E-state index contributed by atoms with van der Waals surface area (Å²) in [4.78, 5) is 16.9. The summed E-state index contributed by atoms with van der Waals surface area (Å²) in [5, 5.41) is 0. The first-order chi connectivity index (χ1) is 11.2. The van der Waals surface area contributed by atoms with E-state index in [0.29, 0.717) is 0 Å². The van der Waals surface area contributed by atoms with Gasteiger partial charge in [0.05, 0.1) is 0 Å². The third kappa shape index (κ3) is 4.25. The molecule has 0 radical (unpaired) electrons. The summed E-state index contributed by atoms with van der Waals surface area (Å²) in [5.74, 6) is 1.66. The van der Waals surface area contributed by atoms with Crippen LogP contribution < -0.4 is 4.74 Å². The molecule has 1 heterocycles. The number of rotatable bonds is 4. The first-order valence-corrected chi connectivity index (χ1v) is 8.94. The fourth-order valence-corrected chi connectivity index (χ4v) is 3.90. The molecule has 2 fully saturated rings. The zero-order chi connectivity index (χ0) is 16.1. The van der Waals surface area contributed by atoms with Gasteiger partial charge in [0.1, 0.15) is 5.75 Å². The Labute approximate surface area is 139 Å². The van der Waals surface area contributed by atoms with E-state index in [1.807, 2.05) is 35.2 Å². The van der Waals surface area contributed by atoms with Crippen molar-refractivity contribution in [3.05, 3.63) is 30.3 Å². The van der Waals surface area contributed by atoms with Crippen molar-refractivity contribution >= 4 is 5.91 Å². The Balaban J connectivity index is 1.44. The van der Waals surface area contributed by atoms with Crippen LogP contribution in [-0.2, 0) is 4.79 Å². The van der Waals surface area contributed by atoms with E-state index in [-0.39, 0.29) is 12.5 Å². The Morgan fingerprint density at radius 2 is 1.78 bits per heavy atom. The van der Waals surface area contributed by atoms with Crippen molar-refractivity contribution in [2.45, 2.75) is 38.6 Å². The van der Waals surface area contributed by atoms with Crippen molar-refractivity contribution in [2.24, 2.45) is 5.92 Å². The van der Waals surface area contributed by atoms with E-state index < -0.39 is 0 Å². The minimum atomic E-state index is 0.102. The Morgan fingerprint density at radius 3 is 2.48 bits per heavy atom. The maximum absolute atomic E-state index is 12.3. The number of piperazine rings is 1. The van der Waals surface area contributed by atoms with Crippen LogP contribution in [0.3, 0.4) is 0 Å². The molecule has 1 saturated carbocycles. The quantitative estimate of drug-likeness (QED) is 0.856. The van der Waals surface area contributed by atoms with Gasteiger partial charge in [0, 0.05) is 32.2 Å². The van der Waals surface area contributed by atoms with Crippen molar-refractivity contribution in [3.8, 4) is 5.75 Å². The molecule has 0 unspecified atom stereocenters. The van der Waals surface area contributed by atoms with E-state index in [1.54, 1.807) is 0 Å². The highest BCUT2D eigenvalue weighted by Crippen LogP contribution is 2.28. The molecule has 1 aliphatic carbocycles. The van der Waals surface area contributed by atoms with Crippen LogP contribution in [0.15, 0.2) is 30.3 Å². The van der Waals surface area contributed by atoms with Crippen LogP contribution in [0.2, 0.25) is 0 Å². The maximum atomic E-state index is 12.3. The maximum Gasteiger partial charge on any atom is 0.260 e. The topological polar surface area (TPSA) is 32.8 Å². The second-order valence-corrected chi connectivity index (χ2v) is 6.85. The highest BCUT2D eigenvalue weighted by atomic mass is 16.5. The van der Waals surface area contributed by atoms with Gasteiger partial charge in [0.2, 0.25) is 0 Å². The molecule has 126 valence electrons. The number of carbonyl (C=O) groups is 1. The van der Waals surface area contributed by atoms with Crippen molar-refractivity contribution in [1.82, 2.24) is 9.80 Å². The van der Waals surface area contributed by atoms with Gasteiger partial charge >= 0.3 is 0 Å². The van der Waals surface area contributed by atoms with Crippen LogP contribution >= 0.6 is 0 Å². The number of carbonyl (C=O) groups excluding carboxylic acids is 1. The Hall–Kier alpha value is -1.55. The molecule has 1 saturated heterocycles. The van der Waals surface area contributed by atoms with Crippen LogP contribution in [-0.4, -0.2) is 54.5 Å². The number of nitrogens with zero attached hydrogens (tertiary/aromatic N) is 2. The summed E-state index contributed by atoms with van der Waals surface area (Å²) in [7, 11) is 0. The fourth-order valence-electron chi connectivity index (χ4n) is 3.90. The Kier molecular flexibility index (Phi) is 5.55. The SMILES string of the molecule is C[C@H]1CCCC[C@@H]1N1CCN(C(=O)COc2ccccc2)CC1. The minimum Gasteiger partial charge on any atom is -0.484 e. The number of ether oxygens (including phenoxy) is 1. The molecule has 1 amide bonds. The van der Waals surface area contributed by atoms with Crippen LogP contribution in [0.1, 0.15) is 32.6 Å². The lowest BCUT2D eigenvalue weighted by atomic mass is 9.84. The molecule has 4 heteroatoms. The predicted octanol–water partition coefficient (Wildman–Crippen LogP) is 2.79. The molecule has 2 atom stereocenters. The molecule has 4 nitrogen and oxygen atoms in total. The molecule has 1 aromatic carbocycles. The van der Waals surface area contributed by atoms with Gasteiger partial charge in [0.25, 0.3) is 5.91 Å². The average molecular weight is 316 g/mol. The van der Waals surface area contributed by atoms with Crippen LogP contribution in [0.25, 0.3) is 0 Å². The predicted molar refractivity (Wildman–Crippen MR) is 91.5 cm³/mol. The third-order valence-electron chi connectivity index (χ3n) is 5.31. The Bertz CT molecular complexity index is 497. The molecule has 0 spiro atoms. The van der Waals surface area contributed by atoms with E-state index in [4.69, 9.17) is 4.74 Å². The molecule has 0 N–H and O–H groups in total.